The van der Waals surface area contributed by atoms with Crippen molar-refractivity contribution in [2.24, 2.45) is 5.92 Å². The van der Waals surface area contributed by atoms with Crippen molar-refractivity contribution in [3.63, 3.8) is 0 Å². The Labute approximate surface area is 288 Å². The van der Waals surface area contributed by atoms with Crippen LogP contribution in [0.3, 0.4) is 0 Å². The van der Waals surface area contributed by atoms with Crippen LogP contribution >= 0.6 is 11.6 Å². The number of aryl methyl sites for hydroxylation is 1. The van der Waals surface area contributed by atoms with E-state index in [2.05, 4.69) is 24.4 Å². The van der Waals surface area contributed by atoms with Crippen LogP contribution < -0.4 is 5.32 Å². The van der Waals surface area contributed by atoms with Crippen molar-refractivity contribution in [3.05, 3.63) is 94.0 Å². The van der Waals surface area contributed by atoms with Crippen LogP contribution in [0.4, 0.5) is 9.59 Å². The van der Waals surface area contributed by atoms with Crippen LogP contribution in [0.2, 0.25) is 5.02 Å². The van der Waals surface area contributed by atoms with Gasteiger partial charge in [-0.2, -0.15) is 0 Å². The molecular formula is C38H48ClN3O6. The maximum atomic E-state index is 13.8. The second-order valence-corrected chi connectivity index (χ2v) is 14.0. The lowest BCUT2D eigenvalue weighted by atomic mass is 9.72. The fraction of sp³-hybridized carbons (Fsp3) is 0.447. The van der Waals surface area contributed by atoms with Crippen molar-refractivity contribution >= 4 is 29.7 Å². The molecule has 0 spiro atoms. The highest BCUT2D eigenvalue weighted by molar-refractivity contribution is 6.33. The highest BCUT2D eigenvalue weighted by atomic mass is 35.5. The minimum absolute atomic E-state index is 0.136. The zero-order valence-corrected chi connectivity index (χ0v) is 29.3. The first-order valence-electron chi connectivity index (χ1n) is 16.6. The number of aliphatic hydroxyl groups is 1. The van der Waals surface area contributed by atoms with Crippen molar-refractivity contribution in [3.8, 4) is 11.1 Å². The lowest BCUT2D eigenvalue weighted by Gasteiger charge is -2.44. The normalized spacial score (nSPS) is 16.1. The zero-order valence-electron chi connectivity index (χ0n) is 28.6. The molecule has 2 atom stereocenters. The number of likely N-dealkylation sites (tertiary alicyclic amines) is 1. The molecular weight excluding hydrogens is 630 g/mol. The van der Waals surface area contributed by atoms with Gasteiger partial charge in [-0.15, -0.1) is 0 Å². The van der Waals surface area contributed by atoms with Gasteiger partial charge >= 0.3 is 12.2 Å². The smallest absolute Gasteiger partial charge is 0.410 e. The number of hydrogen-bond acceptors (Lipinski definition) is 5. The van der Waals surface area contributed by atoms with Crippen molar-refractivity contribution in [1.82, 2.24) is 15.1 Å². The van der Waals surface area contributed by atoms with Gasteiger partial charge < -0.3 is 30.1 Å². The number of piperidine rings is 1. The highest BCUT2D eigenvalue weighted by Gasteiger charge is 2.43. The molecule has 0 aromatic heterocycles. The molecule has 3 N–H and O–H groups in total. The monoisotopic (exact) mass is 677 g/mol. The molecule has 4 rings (SSSR count). The van der Waals surface area contributed by atoms with Crippen LogP contribution in [0.5, 0.6) is 0 Å². The second-order valence-electron chi connectivity index (χ2n) is 13.6. The average Bonchev–Trinajstić information content (AvgIpc) is 3.05. The number of carbonyl (C=O) groups is 3. The summed E-state index contributed by atoms with van der Waals surface area (Å²) in [7, 11) is 1.67. The van der Waals surface area contributed by atoms with E-state index in [-0.39, 0.29) is 24.8 Å². The third kappa shape index (κ3) is 9.29. The SMILES string of the molecule is CCc1cccc(-c2c(Cl)cccc2[C@](O)(CCCNC(=O)O)[C@@H]2CCCN(C(=O)c3ccc(CN(C)C(=O)OC(C)(C)C)cc3)C2)c1. The van der Waals surface area contributed by atoms with E-state index >= 15 is 0 Å². The van der Waals surface area contributed by atoms with Crippen LogP contribution in [0.1, 0.15) is 80.4 Å². The van der Waals surface area contributed by atoms with Crippen LogP contribution in [-0.2, 0) is 23.3 Å². The summed E-state index contributed by atoms with van der Waals surface area (Å²) in [6.45, 7) is 8.94. The van der Waals surface area contributed by atoms with Crippen molar-refractivity contribution < 1.29 is 29.3 Å². The Hall–Kier alpha value is -4.08. The van der Waals surface area contributed by atoms with Crippen molar-refractivity contribution in [1.29, 1.82) is 0 Å². The molecule has 1 saturated heterocycles. The first-order valence-corrected chi connectivity index (χ1v) is 17.0. The largest absolute Gasteiger partial charge is 0.465 e. The van der Waals surface area contributed by atoms with E-state index in [1.807, 2.05) is 63.2 Å². The molecule has 3 amide bonds. The third-order valence-electron chi connectivity index (χ3n) is 8.82. The van der Waals surface area contributed by atoms with Gasteiger partial charge in [0.05, 0.1) is 5.60 Å². The van der Waals surface area contributed by atoms with E-state index in [9.17, 15) is 19.5 Å². The maximum Gasteiger partial charge on any atom is 0.410 e. The summed E-state index contributed by atoms with van der Waals surface area (Å²) in [6, 6.07) is 20.9. The van der Waals surface area contributed by atoms with E-state index in [1.54, 1.807) is 24.1 Å². The Morgan fingerprint density at radius 1 is 1.04 bits per heavy atom. The number of ether oxygens (including phenoxy) is 1. The first-order chi connectivity index (χ1) is 22.7. The maximum absolute atomic E-state index is 13.8. The van der Waals surface area contributed by atoms with Crippen LogP contribution in [0.25, 0.3) is 11.1 Å². The van der Waals surface area contributed by atoms with Gasteiger partial charge in [-0.1, -0.05) is 67.1 Å². The molecule has 9 nitrogen and oxygen atoms in total. The van der Waals surface area contributed by atoms with Crippen LogP contribution in [0.15, 0.2) is 66.7 Å². The highest BCUT2D eigenvalue weighted by Crippen LogP contribution is 2.45. The topological polar surface area (TPSA) is 119 Å². The number of rotatable bonds is 11. The van der Waals surface area contributed by atoms with Crippen molar-refractivity contribution in [2.45, 2.75) is 77.5 Å². The van der Waals surface area contributed by atoms with E-state index in [0.717, 1.165) is 28.7 Å². The van der Waals surface area contributed by atoms with Crippen LogP contribution in [-0.4, -0.2) is 70.4 Å². The zero-order chi connectivity index (χ0) is 35.1. The standard InChI is InChI=1S/C38H48ClN3O6/c1-6-26-11-7-12-29(23-26)33-31(14-8-15-32(33)39)38(47,20-10-21-40-35(44)45)30-13-9-22-42(25-30)34(43)28-18-16-27(17-19-28)24-41(5)36(46)48-37(2,3)4/h7-8,11-12,14-19,23,30,40,47H,6,9-10,13,20-22,24-25H2,1-5H3,(H,44,45)/t30-,38+/m1/s1. The molecule has 1 heterocycles. The van der Waals surface area contributed by atoms with Gasteiger partial charge in [-0.05, 0) is 93.3 Å². The molecule has 48 heavy (non-hydrogen) atoms. The Kier molecular flexibility index (Phi) is 12.2. The number of hydrogen-bond donors (Lipinski definition) is 3. The number of nitrogens with one attached hydrogen (secondary N) is 1. The Bertz CT molecular complexity index is 1590. The summed E-state index contributed by atoms with van der Waals surface area (Å²) in [5.74, 6) is -0.461. The molecule has 0 bridgehead atoms. The lowest BCUT2D eigenvalue weighted by Crippen LogP contribution is -2.48. The number of halogens is 1. The Balaban J connectivity index is 1.59. The number of carbonyl (C=O) groups excluding carboxylic acids is 2. The van der Waals surface area contributed by atoms with Crippen molar-refractivity contribution in [2.75, 3.05) is 26.7 Å². The molecule has 258 valence electrons. The predicted molar refractivity (Wildman–Crippen MR) is 188 cm³/mol. The van der Waals surface area contributed by atoms with E-state index < -0.39 is 23.4 Å². The molecule has 3 aromatic rings. The summed E-state index contributed by atoms with van der Waals surface area (Å²) in [4.78, 5) is 40.7. The summed E-state index contributed by atoms with van der Waals surface area (Å²) in [5, 5.41) is 24.8. The second kappa shape index (κ2) is 15.9. The summed E-state index contributed by atoms with van der Waals surface area (Å²) in [6.07, 6.45) is 1.37. The first kappa shape index (κ1) is 36.8. The quantitative estimate of drug-likeness (QED) is 0.179. The fourth-order valence-corrected chi connectivity index (χ4v) is 6.69. The predicted octanol–water partition coefficient (Wildman–Crippen LogP) is 7.72. The molecule has 0 aliphatic carbocycles. The van der Waals surface area contributed by atoms with Gasteiger partial charge in [0.2, 0.25) is 0 Å². The van der Waals surface area contributed by atoms with Gasteiger partial charge in [0, 0.05) is 55.3 Å². The van der Waals surface area contributed by atoms with Gasteiger partial charge in [-0.3, -0.25) is 4.79 Å². The number of benzene rings is 3. The Morgan fingerprint density at radius 3 is 2.42 bits per heavy atom. The molecule has 1 aliphatic heterocycles. The van der Waals surface area contributed by atoms with Crippen LogP contribution in [0, 0.1) is 5.92 Å². The molecule has 10 heteroatoms. The molecule has 0 radical (unpaired) electrons. The molecule has 0 saturated carbocycles. The third-order valence-corrected chi connectivity index (χ3v) is 9.14. The number of nitrogens with zero attached hydrogens (tertiary/aromatic N) is 2. The average molecular weight is 678 g/mol. The van der Waals surface area contributed by atoms with Gasteiger partial charge in [0.25, 0.3) is 5.91 Å². The van der Waals surface area contributed by atoms with E-state index in [1.165, 1.54) is 4.90 Å². The molecule has 1 aliphatic rings. The number of carboxylic acid groups (broad SMARTS) is 1. The van der Waals surface area contributed by atoms with Gasteiger partial charge in [0.15, 0.2) is 0 Å². The summed E-state index contributed by atoms with van der Waals surface area (Å²) < 4.78 is 5.44. The number of amides is 3. The minimum atomic E-state index is -1.39. The lowest BCUT2D eigenvalue weighted by molar-refractivity contribution is -0.0563. The molecule has 0 unspecified atom stereocenters. The van der Waals surface area contributed by atoms with E-state index in [4.69, 9.17) is 21.4 Å². The van der Waals surface area contributed by atoms with Gasteiger partial charge in [-0.25, -0.2) is 9.59 Å². The van der Waals surface area contributed by atoms with Gasteiger partial charge in [0.1, 0.15) is 5.60 Å². The summed E-state index contributed by atoms with van der Waals surface area (Å²) in [5.41, 5.74) is 2.87. The fourth-order valence-electron chi connectivity index (χ4n) is 6.40. The molecule has 1 fully saturated rings. The summed E-state index contributed by atoms with van der Waals surface area (Å²) >= 11 is 6.86. The molecule has 3 aromatic carbocycles. The minimum Gasteiger partial charge on any atom is -0.465 e. The Morgan fingerprint density at radius 2 is 1.75 bits per heavy atom. The van der Waals surface area contributed by atoms with E-state index in [0.29, 0.717) is 55.0 Å².